The van der Waals surface area contributed by atoms with Crippen molar-refractivity contribution in [1.29, 1.82) is 0 Å². The van der Waals surface area contributed by atoms with Crippen LogP contribution in [-0.4, -0.2) is 155 Å². The van der Waals surface area contributed by atoms with Crippen molar-refractivity contribution < 1.29 is 64.0 Å². The summed E-state index contributed by atoms with van der Waals surface area (Å²) in [5.74, 6) is -2.75. The molecule has 2 aromatic heterocycles. The van der Waals surface area contributed by atoms with Gasteiger partial charge >= 0.3 is 5.97 Å². The van der Waals surface area contributed by atoms with Crippen LogP contribution in [0.5, 0.6) is 0 Å². The lowest BCUT2D eigenvalue weighted by molar-refractivity contribution is -0.339. The Labute approximate surface area is 347 Å². The number of nitrogen functional groups attached to an aromatic ring is 1. The van der Waals surface area contributed by atoms with Gasteiger partial charge in [-0.3, -0.25) is 24.2 Å². The average molecular weight is 861 g/mol. The highest BCUT2D eigenvalue weighted by molar-refractivity contribution is 5.97. The van der Waals surface area contributed by atoms with Crippen molar-refractivity contribution >= 4 is 46.5 Å². The number of carbonyl (C=O) groups excluding carboxylic acids is 3. The first-order valence-electron chi connectivity index (χ1n) is 19.6. The number of unbranched alkanes of at least 4 members (excludes halogenated alkanes) is 2. The van der Waals surface area contributed by atoms with E-state index in [0.29, 0.717) is 30.6 Å². The number of benzene rings is 1. The molecule has 24 nitrogen and oxygen atoms in total. The number of ether oxygens (including phenoxy) is 3. The second-order valence-electron chi connectivity index (χ2n) is 14.6. The molecule has 5 unspecified atom stereocenters. The number of nitrogens with zero attached hydrogens (tertiary/aromatic N) is 3. The summed E-state index contributed by atoms with van der Waals surface area (Å²) in [5, 5.41) is 71.5. The quantitative estimate of drug-likeness (QED) is 0.0486. The van der Waals surface area contributed by atoms with E-state index in [1.807, 2.05) is 0 Å². The van der Waals surface area contributed by atoms with Gasteiger partial charge in [0, 0.05) is 50.1 Å². The number of aromatic nitrogens is 4. The number of fused-ring (bicyclic) bond motifs is 1. The second-order valence-corrected chi connectivity index (χ2v) is 14.6. The first-order valence-corrected chi connectivity index (χ1v) is 19.6. The van der Waals surface area contributed by atoms with Crippen LogP contribution in [-0.2, 0) is 35.1 Å². The molecule has 10 atom stereocenters. The average Bonchev–Trinajstić information content (AvgIpc) is 3.23. The number of anilines is 2. The van der Waals surface area contributed by atoms with Gasteiger partial charge < -0.3 is 77.6 Å². The lowest BCUT2D eigenvalue weighted by atomic mass is 9.97. The van der Waals surface area contributed by atoms with Gasteiger partial charge in [-0.15, -0.1) is 0 Å². The van der Waals surface area contributed by atoms with Crippen LogP contribution >= 0.6 is 0 Å². The summed E-state index contributed by atoms with van der Waals surface area (Å²) in [7, 11) is 0. The molecule has 4 heterocycles. The number of carboxylic acids is 1. The number of amides is 3. The molecule has 2 aliphatic heterocycles. The van der Waals surface area contributed by atoms with E-state index in [2.05, 4.69) is 41.2 Å². The van der Waals surface area contributed by atoms with Gasteiger partial charge in [-0.25, -0.2) is 14.8 Å². The fourth-order valence-corrected chi connectivity index (χ4v) is 6.57. The Balaban J connectivity index is 0.945. The SMILES string of the molecule is NCC1O[C@@H](O)C(O)[C@@H](O)[C@H]1O[C@@H]1OC(CNC(=O)CCCCCNC(=O)CCC(NC(=O)c2ccc(NCc3cnc4nc(N)[nH]c(=O)c4n3)cc2)C(=O)O)C[C@H](O)C1O. The summed E-state index contributed by atoms with van der Waals surface area (Å²) in [6, 6.07) is 4.87. The first kappa shape index (κ1) is 46.6. The molecule has 0 saturated carbocycles. The zero-order valence-electron chi connectivity index (χ0n) is 32.9. The maximum Gasteiger partial charge on any atom is 0.326 e. The summed E-state index contributed by atoms with van der Waals surface area (Å²) in [5.41, 5.74) is 12.0. The van der Waals surface area contributed by atoms with E-state index in [-0.39, 0.29) is 80.4 Å². The summed E-state index contributed by atoms with van der Waals surface area (Å²) in [6.45, 7) is 0.240. The zero-order chi connectivity index (χ0) is 44.2. The van der Waals surface area contributed by atoms with Crippen molar-refractivity contribution in [2.45, 2.75) is 113 Å². The van der Waals surface area contributed by atoms with Gasteiger partial charge in [0.25, 0.3) is 11.5 Å². The highest BCUT2D eigenvalue weighted by Gasteiger charge is 2.48. The molecule has 61 heavy (non-hydrogen) atoms. The standard InChI is InChI=1S/C37H52N10O14/c38-13-23-30(28(52)29(53)35(58)60-23)61-36-27(51)22(48)12-20(59-36)16-42-24(49)4-2-1-3-11-40-25(50)10-9-21(34(56)57)45-32(54)17-5-7-18(8-6-17)41-14-19-15-43-31-26(44-19)33(55)47-37(39)46-31/h5-8,15,20-23,27-30,35-36,41,48,51-53,58H,1-4,9-14,16,38H2,(H,40,50)(H,42,49)(H,45,54)(H,56,57)(H3,39,43,46,47,55)/t20?,21?,22-,23?,27?,28+,29?,30-,35+,36-/m0/s1. The van der Waals surface area contributed by atoms with Crippen molar-refractivity contribution in [3.8, 4) is 0 Å². The Kier molecular flexibility index (Phi) is 16.7. The van der Waals surface area contributed by atoms with Crippen LogP contribution in [0.1, 0.15) is 61.0 Å². The fraction of sp³-hybridized carbons (Fsp3) is 0.568. The van der Waals surface area contributed by atoms with Crippen LogP contribution in [0.3, 0.4) is 0 Å². The third-order valence-corrected chi connectivity index (χ3v) is 9.99. The lowest BCUT2D eigenvalue weighted by Crippen LogP contribution is -2.63. The molecule has 0 bridgehead atoms. The number of H-pyrrole nitrogens is 1. The molecule has 2 aliphatic rings. The molecule has 1 aromatic carbocycles. The number of hydrogen-bond donors (Lipinski definition) is 13. The van der Waals surface area contributed by atoms with Crippen molar-refractivity contribution in [2.75, 3.05) is 30.7 Å². The Morgan fingerprint density at radius 1 is 0.934 bits per heavy atom. The fourth-order valence-electron chi connectivity index (χ4n) is 6.57. The van der Waals surface area contributed by atoms with E-state index < -0.39 is 84.7 Å². The minimum atomic E-state index is -1.71. The van der Waals surface area contributed by atoms with E-state index in [9.17, 15) is 54.6 Å². The number of hydrogen-bond acceptors (Lipinski definition) is 19. The molecule has 3 amide bonds. The van der Waals surface area contributed by atoms with Gasteiger partial charge in [-0.05, 0) is 43.5 Å². The number of rotatable bonds is 20. The number of aliphatic hydroxyl groups is 5. The number of carbonyl (C=O) groups is 4. The van der Waals surface area contributed by atoms with E-state index in [1.165, 1.54) is 18.3 Å². The number of aromatic amines is 1. The van der Waals surface area contributed by atoms with Gasteiger partial charge in [0.05, 0.1) is 30.6 Å². The third kappa shape index (κ3) is 13.0. The van der Waals surface area contributed by atoms with Crippen LogP contribution < -0.4 is 38.3 Å². The van der Waals surface area contributed by atoms with Crippen molar-refractivity contribution in [3.63, 3.8) is 0 Å². The van der Waals surface area contributed by atoms with Crippen LogP contribution in [0, 0.1) is 0 Å². The van der Waals surface area contributed by atoms with E-state index >= 15 is 0 Å². The normalized spacial score (nSPS) is 25.6. The van der Waals surface area contributed by atoms with Crippen molar-refractivity contribution in [3.05, 3.63) is 52.1 Å². The van der Waals surface area contributed by atoms with Gasteiger partial charge in [-0.1, -0.05) is 6.42 Å². The highest BCUT2D eigenvalue weighted by Crippen LogP contribution is 2.28. The molecule has 0 radical (unpaired) electrons. The molecule has 334 valence electrons. The third-order valence-electron chi connectivity index (χ3n) is 9.99. The second kappa shape index (κ2) is 21.9. The Morgan fingerprint density at radius 3 is 2.39 bits per heavy atom. The monoisotopic (exact) mass is 860 g/mol. The smallest absolute Gasteiger partial charge is 0.326 e. The van der Waals surface area contributed by atoms with Crippen molar-refractivity contribution in [1.82, 2.24) is 35.9 Å². The van der Waals surface area contributed by atoms with Crippen LogP contribution in [0.2, 0.25) is 0 Å². The molecule has 2 saturated heterocycles. The molecule has 15 N–H and O–H groups in total. The molecule has 0 spiro atoms. The number of aliphatic carboxylic acids is 1. The Morgan fingerprint density at radius 2 is 1.67 bits per heavy atom. The predicted molar refractivity (Wildman–Crippen MR) is 211 cm³/mol. The first-order chi connectivity index (χ1) is 29.1. The molecule has 3 aromatic rings. The molecule has 24 heteroatoms. The lowest BCUT2D eigenvalue weighted by Gasteiger charge is -2.44. The minimum absolute atomic E-state index is 0.0313. The van der Waals surface area contributed by atoms with Gasteiger partial charge in [0.1, 0.15) is 36.6 Å². The van der Waals surface area contributed by atoms with Gasteiger partial charge in [0.15, 0.2) is 23.7 Å². The maximum absolute atomic E-state index is 12.8. The number of nitrogens with one attached hydrogen (secondary N) is 5. The van der Waals surface area contributed by atoms with Crippen LogP contribution in [0.4, 0.5) is 11.6 Å². The number of aliphatic hydroxyl groups excluding tert-OH is 5. The van der Waals surface area contributed by atoms with Gasteiger partial charge in [-0.2, -0.15) is 4.98 Å². The van der Waals surface area contributed by atoms with Gasteiger partial charge in [0.2, 0.25) is 17.8 Å². The molecular weight excluding hydrogens is 808 g/mol. The Bertz CT molecular complexity index is 2020. The van der Waals surface area contributed by atoms with Crippen LogP contribution in [0.15, 0.2) is 35.3 Å². The number of carboxylic acid groups (broad SMARTS) is 1. The summed E-state index contributed by atoms with van der Waals surface area (Å²) < 4.78 is 16.5. The summed E-state index contributed by atoms with van der Waals surface area (Å²) in [6.07, 6.45) is -9.64. The van der Waals surface area contributed by atoms with Crippen molar-refractivity contribution in [2.24, 2.45) is 5.73 Å². The minimum Gasteiger partial charge on any atom is -0.480 e. The van der Waals surface area contributed by atoms with E-state index in [0.717, 1.165) is 0 Å². The largest absolute Gasteiger partial charge is 0.480 e. The maximum atomic E-state index is 12.8. The molecular formula is C37H52N10O14. The topological polar surface area (TPSA) is 389 Å². The predicted octanol–water partition coefficient (Wildman–Crippen LogP) is -3.72. The number of nitrogens with two attached hydrogens (primary N) is 2. The van der Waals surface area contributed by atoms with E-state index in [4.69, 9.17) is 25.7 Å². The van der Waals surface area contributed by atoms with Crippen LogP contribution in [0.25, 0.3) is 11.2 Å². The molecule has 2 fully saturated rings. The Hall–Kier alpha value is -5.44. The highest BCUT2D eigenvalue weighted by atomic mass is 16.7. The molecule has 5 rings (SSSR count). The zero-order valence-corrected chi connectivity index (χ0v) is 32.9. The summed E-state index contributed by atoms with van der Waals surface area (Å²) >= 11 is 0. The van der Waals surface area contributed by atoms with E-state index in [1.54, 1.807) is 12.1 Å². The molecule has 0 aliphatic carbocycles. The summed E-state index contributed by atoms with van der Waals surface area (Å²) in [4.78, 5) is 76.3.